The Kier molecular flexibility index (Phi) is 29.7. The van der Waals surface area contributed by atoms with Gasteiger partial charge in [0, 0.05) is 0 Å². The number of hydrogen-bond donors (Lipinski definition) is 0. The minimum absolute atomic E-state index is 0.457. The van der Waals surface area contributed by atoms with Gasteiger partial charge in [0.05, 0.1) is 13.2 Å². The van der Waals surface area contributed by atoms with E-state index >= 15 is 0 Å². The minimum Gasteiger partial charge on any atom is -0.434 e. The molecule has 0 saturated heterocycles. The summed E-state index contributed by atoms with van der Waals surface area (Å²) in [5, 5.41) is 0. The van der Waals surface area contributed by atoms with Crippen LogP contribution in [0.15, 0.2) is 0 Å². The van der Waals surface area contributed by atoms with Crippen LogP contribution in [-0.4, -0.2) is 19.4 Å². The van der Waals surface area contributed by atoms with Gasteiger partial charge in [-0.25, -0.2) is 4.79 Å². The normalized spacial score (nSPS) is 11.1. The van der Waals surface area contributed by atoms with Gasteiger partial charge in [0.1, 0.15) is 0 Å². The fourth-order valence-corrected chi connectivity index (χ4v) is 4.62. The maximum atomic E-state index is 11.2. The first-order valence-corrected chi connectivity index (χ1v) is 15.6. The average molecular weight is 483 g/mol. The third-order valence-corrected chi connectivity index (χ3v) is 6.89. The minimum atomic E-state index is -0.508. The molecule has 204 valence electrons. The molecule has 0 aromatic rings. The van der Waals surface area contributed by atoms with Crippen molar-refractivity contribution in [1.82, 2.24) is 0 Å². The Morgan fingerprint density at radius 3 is 0.912 bits per heavy atom. The highest BCUT2D eigenvalue weighted by Crippen LogP contribution is 2.15. The van der Waals surface area contributed by atoms with Crippen molar-refractivity contribution >= 4 is 6.16 Å². The zero-order valence-electron chi connectivity index (χ0n) is 23.5. The van der Waals surface area contributed by atoms with E-state index in [1.807, 2.05) is 6.92 Å². The molecule has 0 saturated carbocycles. The lowest BCUT2D eigenvalue weighted by Crippen LogP contribution is -2.08. The van der Waals surface area contributed by atoms with Gasteiger partial charge in [0.2, 0.25) is 0 Å². The van der Waals surface area contributed by atoms with Crippen LogP contribution < -0.4 is 0 Å². The van der Waals surface area contributed by atoms with Crippen LogP contribution in [-0.2, 0) is 9.47 Å². The van der Waals surface area contributed by atoms with Gasteiger partial charge in [-0.1, -0.05) is 168 Å². The van der Waals surface area contributed by atoms with Crippen LogP contribution in [0.1, 0.15) is 181 Å². The molecule has 0 aromatic heterocycles. The zero-order valence-corrected chi connectivity index (χ0v) is 23.5. The summed E-state index contributed by atoms with van der Waals surface area (Å²) in [6, 6.07) is 0. The Balaban J connectivity index is 3.05. The van der Waals surface area contributed by atoms with Gasteiger partial charge in [0.15, 0.2) is 0 Å². The second-order valence-electron chi connectivity index (χ2n) is 10.4. The summed E-state index contributed by atoms with van der Waals surface area (Å²) in [7, 11) is 0. The van der Waals surface area contributed by atoms with Crippen LogP contribution in [0, 0.1) is 0 Å². The van der Waals surface area contributed by atoms with Crippen LogP contribution in [0.25, 0.3) is 0 Å². The van der Waals surface area contributed by atoms with Crippen molar-refractivity contribution in [1.29, 1.82) is 0 Å². The maximum absolute atomic E-state index is 11.2. The van der Waals surface area contributed by atoms with Crippen molar-refractivity contribution in [2.24, 2.45) is 0 Å². The fraction of sp³-hybridized carbons (Fsp3) is 0.968. The molecule has 3 heteroatoms. The zero-order chi connectivity index (χ0) is 24.8. The highest BCUT2D eigenvalue weighted by Gasteiger charge is 2.02. The molecule has 0 aromatic carbocycles. The molecule has 0 heterocycles. The van der Waals surface area contributed by atoms with E-state index in [-0.39, 0.29) is 0 Å². The molecular weight excluding hydrogens is 420 g/mol. The Morgan fingerprint density at radius 1 is 0.353 bits per heavy atom. The van der Waals surface area contributed by atoms with E-state index in [0.29, 0.717) is 13.2 Å². The highest BCUT2D eigenvalue weighted by atomic mass is 16.7. The molecule has 34 heavy (non-hydrogen) atoms. The first-order valence-electron chi connectivity index (χ1n) is 15.6. The number of ether oxygens (including phenoxy) is 2. The summed E-state index contributed by atoms with van der Waals surface area (Å²) in [6.45, 7) is 5.24. The molecule has 0 aliphatic carbocycles. The van der Waals surface area contributed by atoms with E-state index in [4.69, 9.17) is 9.47 Å². The number of hydrogen-bond acceptors (Lipinski definition) is 3. The smallest absolute Gasteiger partial charge is 0.434 e. The molecule has 0 spiro atoms. The number of carbonyl (C=O) groups excluding carboxylic acids is 1. The molecule has 0 unspecified atom stereocenters. The SMILES string of the molecule is CCCCCCCCCCCCCCCCCCCCCCCCCCCOC(=O)OCCC. The van der Waals surface area contributed by atoms with Crippen molar-refractivity contribution in [3.63, 3.8) is 0 Å². The van der Waals surface area contributed by atoms with E-state index in [9.17, 15) is 4.79 Å². The van der Waals surface area contributed by atoms with Gasteiger partial charge in [0.25, 0.3) is 0 Å². The van der Waals surface area contributed by atoms with Crippen LogP contribution in [0.4, 0.5) is 4.79 Å². The molecule has 0 aliphatic rings. The van der Waals surface area contributed by atoms with Crippen LogP contribution in [0.5, 0.6) is 0 Å². The maximum Gasteiger partial charge on any atom is 0.508 e. The molecule has 0 fully saturated rings. The van der Waals surface area contributed by atoms with Gasteiger partial charge >= 0.3 is 6.16 Å². The van der Waals surface area contributed by atoms with Crippen molar-refractivity contribution in [3.8, 4) is 0 Å². The van der Waals surface area contributed by atoms with E-state index in [1.54, 1.807) is 0 Å². The standard InChI is InChI=1S/C31H62O3/c1-3-5-6-7-8-9-10-11-12-13-14-15-16-17-18-19-20-21-22-23-24-25-26-27-28-30-34-31(32)33-29-4-2/h3-30H2,1-2H3. The summed E-state index contributed by atoms with van der Waals surface area (Å²) in [4.78, 5) is 11.2. The Hall–Kier alpha value is -0.730. The lowest BCUT2D eigenvalue weighted by atomic mass is 10.0. The topological polar surface area (TPSA) is 35.5 Å². The van der Waals surface area contributed by atoms with E-state index in [1.165, 1.54) is 148 Å². The first kappa shape index (κ1) is 33.3. The second kappa shape index (κ2) is 30.3. The largest absolute Gasteiger partial charge is 0.508 e. The van der Waals surface area contributed by atoms with Gasteiger partial charge in [-0.05, 0) is 12.8 Å². The predicted octanol–water partition coefficient (Wildman–Crippen LogP) is 11.3. The molecule has 0 rings (SSSR count). The van der Waals surface area contributed by atoms with Crippen LogP contribution >= 0.6 is 0 Å². The van der Waals surface area contributed by atoms with Gasteiger partial charge in [-0.2, -0.15) is 0 Å². The summed E-state index contributed by atoms with van der Waals surface area (Å²) in [6.07, 6.45) is 35.3. The van der Waals surface area contributed by atoms with Gasteiger partial charge < -0.3 is 9.47 Å². The molecular formula is C31H62O3. The molecule has 0 radical (unpaired) electrons. The predicted molar refractivity (Wildman–Crippen MR) is 149 cm³/mol. The van der Waals surface area contributed by atoms with Gasteiger partial charge in [-0.3, -0.25) is 0 Å². The van der Waals surface area contributed by atoms with E-state index < -0.39 is 6.16 Å². The Labute approximate surface area is 214 Å². The first-order chi connectivity index (χ1) is 16.8. The Morgan fingerprint density at radius 2 is 0.618 bits per heavy atom. The van der Waals surface area contributed by atoms with Crippen molar-refractivity contribution in [2.45, 2.75) is 181 Å². The van der Waals surface area contributed by atoms with E-state index in [2.05, 4.69) is 6.92 Å². The number of carbonyl (C=O) groups is 1. The quantitative estimate of drug-likeness (QED) is 0.0821. The summed E-state index contributed by atoms with van der Waals surface area (Å²) in [5.41, 5.74) is 0. The summed E-state index contributed by atoms with van der Waals surface area (Å²) >= 11 is 0. The van der Waals surface area contributed by atoms with Crippen molar-refractivity contribution in [2.75, 3.05) is 13.2 Å². The number of unbranched alkanes of at least 4 members (excludes halogenated alkanes) is 24. The summed E-state index contributed by atoms with van der Waals surface area (Å²) in [5.74, 6) is 0. The summed E-state index contributed by atoms with van der Waals surface area (Å²) < 4.78 is 9.92. The number of rotatable bonds is 28. The van der Waals surface area contributed by atoms with E-state index in [0.717, 1.165) is 19.3 Å². The van der Waals surface area contributed by atoms with Crippen molar-refractivity contribution < 1.29 is 14.3 Å². The lowest BCUT2D eigenvalue weighted by Gasteiger charge is -2.05. The average Bonchev–Trinajstić information content (AvgIpc) is 2.84. The highest BCUT2D eigenvalue weighted by molar-refractivity contribution is 5.59. The second-order valence-corrected chi connectivity index (χ2v) is 10.4. The van der Waals surface area contributed by atoms with Crippen LogP contribution in [0.3, 0.4) is 0 Å². The lowest BCUT2D eigenvalue weighted by molar-refractivity contribution is 0.0541. The fourth-order valence-electron chi connectivity index (χ4n) is 4.62. The molecule has 0 N–H and O–H groups in total. The third kappa shape index (κ3) is 29.3. The van der Waals surface area contributed by atoms with Gasteiger partial charge in [-0.15, -0.1) is 0 Å². The Bertz CT molecular complexity index is 383. The molecule has 0 aliphatic heterocycles. The monoisotopic (exact) mass is 482 g/mol. The van der Waals surface area contributed by atoms with Crippen LogP contribution in [0.2, 0.25) is 0 Å². The molecule has 0 bridgehead atoms. The molecule has 0 atom stereocenters. The van der Waals surface area contributed by atoms with Crippen molar-refractivity contribution in [3.05, 3.63) is 0 Å². The molecule has 0 amide bonds. The third-order valence-electron chi connectivity index (χ3n) is 6.89. The molecule has 3 nitrogen and oxygen atoms in total.